The van der Waals surface area contributed by atoms with E-state index in [1.807, 2.05) is 6.20 Å². The molecule has 0 amide bonds. The van der Waals surface area contributed by atoms with Crippen LogP contribution in [0.15, 0.2) is 41.3 Å². The zero-order valence-electron chi connectivity index (χ0n) is 22.4. The van der Waals surface area contributed by atoms with Gasteiger partial charge in [-0.05, 0) is 37.3 Å². The summed E-state index contributed by atoms with van der Waals surface area (Å²) in [4.78, 5) is 17.9. The molecule has 4 heterocycles. The molecule has 2 saturated heterocycles. The third kappa shape index (κ3) is 4.90. The van der Waals surface area contributed by atoms with E-state index in [0.29, 0.717) is 18.0 Å². The van der Waals surface area contributed by atoms with Crippen LogP contribution in [0.4, 0.5) is 5.69 Å². The molecular weight excluding hydrogens is 464 g/mol. The van der Waals surface area contributed by atoms with Crippen LogP contribution in [0.3, 0.4) is 0 Å². The predicted octanol–water partition coefficient (Wildman–Crippen LogP) is 3.89. The van der Waals surface area contributed by atoms with Crippen molar-refractivity contribution in [2.45, 2.75) is 64.7 Å². The summed E-state index contributed by atoms with van der Waals surface area (Å²) >= 11 is 0. The molecule has 5 rings (SSSR count). The number of ether oxygens (including phenoxy) is 1. The maximum Gasteiger partial charge on any atom is 0.252 e. The molecule has 0 bridgehead atoms. The number of rotatable bonds is 8. The second kappa shape index (κ2) is 10.7. The maximum absolute atomic E-state index is 12.9. The molecule has 2 aromatic heterocycles. The monoisotopic (exact) mass is 502 g/mol. The lowest BCUT2D eigenvalue weighted by molar-refractivity contribution is -0.0312. The van der Waals surface area contributed by atoms with E-state index in [-0.39, 0.29) is 18.1 Å². The molecule has 196 valence electrons. The third-order valence-corrected chi connectivity index (χ3v) is 8.35. The molecule has 3 aromatic rings. The summed E-state index contributed by atoms with van der Waals surface area (Å²) in [5.41, 5.74) is 5.13. The lowest BCUT2D eigenvalue weighted by Gasteiger charge is -2.49. The lowest BCUT2D eigenvalue weighted by Crippen LogP contribution is -2.58. The Morgan fingerprint density at radius 3 is 2.49 bits per heavy atom. The van der Waals surface area contributed by atoms with Gasteiger partial charge in [-0.3, -0.25) is 14.4 Å². The van der Waals surface area contributed by atoms with Crippen LogP contribution >= 0.6 is 0 Å². The number of hydrogen-bond donors (Lipinski definition) is 0. The number of pyridine rings is 1. The van der Waals surface area contributed by atoms with Gasteiger partial charge in [0.25, 0.3) is 5.56 Å². The molecule has 8 heteroatoms. The first kappa shape index (κ1) is 25.5. The number of nitriles is 1. The van der Waals surface area contributed by atoms with Gasteiger partial charge in [0, 0.05) is 50.2 Å². The van der Waals surface area contributed by atoms with Crippen LogP contribution in [0.2, 0.25) is 0 Å². The highest BCUT2D eigenvalue weighted by Crippen LogP contribution is 2.34. The largest absolute Gasteiger partial charge is 0.381 e. The quantitative estimate of drug-likeness (QED) is 0.465. The second-order valence-corrected chi connectivity index (χ2v) is 10.6. The first-order chi connectivity index (χ1) is 17.9. The van der Waals surface area contributed by atoms with Crippen LogP contribution in [0, 0.1) is 17.2 Å². The molecule has 3 atom stereocenters. The van der Waals surface area contributed by atoms with Gasteiger partial charge in [-0.15, -0.1) is 0 Å². The fraction of sp³-hybridized carbons (Fsp3) is 0.552. The summed E-state index contributed by atoms with van der Waals surface area (Å²) in [6, 6.07) is 14.0. The van der Waals surface area contributed by atoms with E-state index in [1.165, 1.54) is 11.1 Å². The Kier molecular flexibility index (Phi) is 7.36. The molecule has 2 aliphatic heterocycles. The minimum absolute atomic E-state index is 0.0498. The molecule has 37 heavy (non-hydrogen) atoms. The number of hydrogen-bond acceptors (Lipinski definition) is 6. The van der Waals surface area contributed by atoms with Crippen LogP contribution in [-0.2, 0) is 24.8 Å². The highest BCUT2D eigenvalue weighted by atomic mass is 16.5. The van der Waals surface area contributed by atoms with Crippen molar-refractivity contribution >= 4 is 16.7 Å². The van der Waals surface area contributed by atoms with E-state index < -0.39 is 0 Å². The number of nitrogens with zero attached hydrogens (tertiary/aromatic N) is 6. The van der Waals surface area contributed by atoms with E-state index in [0.717, 1.165) is 62.3 Å². The Morgan fingerprint density at radius 2 is 1.86 bits per heavy atom. The lowest BCUT2D eigenvalue weighted by atomic mass is 9.94. The van der Waals surface area contributed by atoms with Crippen molar-refractivity contribution in [3.05, 3.63) is 58.0 Å². The standard InChI is InChI=1S/C29H38N6O2/c1-5-24-16-35(26-14-28(36)32(4)27-17-33(12-11-30)31-29(26)27)25(6-2)15-34(24)20(3)23-9-7-21(8-10-23)13-22-18-37-19-22/h7-10,14,17,20,22,24-25H,5-6,12-13,15-16,18-19H2,1-4H3/t20?,24-,25+/m1/s1. The van der Waals surface area contributed by atoms with Crippen LogP contribution in [0.1, 0.15) is 50.8 Å². The Labute approximate surface area is 219 Å². The third-order valence-electron chi connectivity index (χ3n) is 8.35. The van der Waals surface area contributed by atoms with Crippen molar-refractivity contribution in [3.63, 3.8) is 0 Å². The van der Waals surface area contributed by atoms with Gasteiger partial charge in [-0.25, -0.2) is 0 Å². The van der Waals surface area contributed by atoms with Crippen molar-refractivity contribution < 1.29 is 4.74 Å². The molecule has 1 aromatic carbocycles. The summed E-state index contributed by atoms with van der Waals surface area (Å²) in [6.07, 6.45) is 4.89. The summed E-state index contributed by atoms with van der Waals surface area (Å²) in [5.74, 6) is 0.665. The van der Waals surface area contributed by atoms with E-state index in [9.17, 15) is 10.1 Å². The average molecular weight is 503 g/mol. The van der Waals surface area contributed by atoms with Gasteiger partial charge in [0.1, 0.15) is 12.1 Å². The van der Waals surface area contributed by atoms with Crippen LogP contribution in [0.25, 0.3) is 11.0 Å². The molecule has 1 unspecified atom stereocenters. The molecule has 8 nitrogen and oxygen atoms in total. The second-order valence-electron chi connectivity index (χ2n) is 10.6. The SMILES string of the molecule is CC[C@H]1CN(C(C)c2ccc(CC3COC3)cc2)[C@H](CC)CN1c1cc(=O)n(C)c2cn(CC#N)nc12. The van der Waals surface area contributed by atoms with Gasteiger partial charge in [0.05, 0.1) is 36.7 Å². The summed E-state index contributed by atoms with van der Waals surface area (Å²) in [5, 5.41) is 13.9. The van der Waals surface area contributed by atoms with Gasteiger partial charge in [-0.1, -0.05) is 38.1 Å². The Balaban J connectivity index is 1.41. The van der Waals surface area contributed by atoms with Crippen LogP contribution in [-0.4, -0.2) is 57.6 Å². The fourth-order valence-electron chi connectivity index (χ4n) is 5.93. The van der Waals surface area contributed by atoms with Crippen molar-refractivity contribution in [2.24, 2.45) is 13.0 Å². The van der Waals surface area contributed by atoms with Gasteiger partial charge < -0.3 is 14.2 Å². The van der Waals surface area contributed by atoms with Gasteiger partial charge in [-0.2, -0.15) is 10.4 Å². The van der Waals surface area contributed by atoms with Crippen LogP contribution in [0.5, 0.6) is 0 Å². The number of benzene rings is 1. The number of aryl methyl sites for hydroxylation is 1. The molecule has 2 fully saturated rings. The summed E-state index contributed by atoms with van der Waals surface area (Å²) in [7, 11) is 1.77. The van der Waals surface area contributed by atoms with E-state index in [1.54, 1.807) is 22.4 Å². The average Bonchev–Trinajstić information content (AvgIpc) is 3.32. The van der Waals surface area contributed by atoms with Gasteiger partial charge in [0.15, 0.2) is 0 Å². The molecule has 0 aliphatic carbocycles. The van der Waals surface area contributed by atoms with Crippen LogP contribution < -0.4 is 10.5 Å². The van der Waals surface area contributed by atoms with E-state index in [2.05, 4.69) is 60.9 Å². The number of aromatic nitrogens is 3. The normalized spacial score (nSPS) is 21.6. The minimum Gasteiger partial charge on any atom is -0.381 e. The van der Waals surface area contributed by atoms with Gasteiger partial charge in [0.2, 0.25) is 0 Å². The highest BCUT2D eigenvalue weighted by Gasteiger charge is 2.36. The molecule has 0 saturated carbocycles. The topological polar surface area (TPSA) is 79.3 Å². The minimum atomic E-state index is -0.0498. The Hall–Kier alpha value is -3.15. The van der Waals surface area contributed by atoms with Crippen molar-refractivity contribution in [3.8, 4) is 6.07 Å². The number of anilines is 1. The van der Waals surface area contributed by atoms with Gasteiger partial charge >= 0.3 is 0 Å². The smallest absolute Gasteiger partial charge is 0.252 e. The molecule has 0 N–H and O–H groups in total. The Bertz CT molecular complexity index is 1330. The van der Waals surface area contributed by atoms with Crippen molar-refractivity contribution in [1.29, 1.82) is 5.26 Å². The first-order valence-electron chi connectivity index (χ1n) is 13.6. The predicted molar refractivity (Wildman–Crippen MR) is 146 cm³/mol. The highest BCUT2D eigenvalue weighted by molar-refractivity contribution is 5.88. The zero-order chi connectivity index (χ0) is 26.1. The molecular formula is C29H38N6O2. The maximum atomic E-state index is 12.9. The van der Waals surface area contributed by atoms with Crippen molar-refractivity contribution in [2.75, 3.05) is 31.2 Å². The number of fused-ring (bicyclic) bond motifs is 1. The molecule has 0 spiro atoms. The first-order valence-corrected chi connectivity index (χ1v) is 13.6. The summed E-state index contributed by atoms with van der Waals surface area (Å²) < 4.78 is 8.59. The van der Waals surface area contributed by atoms with E-state index >= 15 is 0 Å². The molecule has 0 radical (unpaired) electrons. The van der Waals surface area contributed by atoms with Crippen molar-refractivity contribution in [1.82, 2.24) is 19.2 Å². The van der Waals surface area contributed by atoms with E-state index in [4.69, 9.17) is 9.84 Å². The summed E-state index contributed by atoms with van der Waals surface area (Å²) in [6.45, 7) is 10.5. The molecule has 2 aliphatic rings. The number of piperazine rings is 1. The fourth-order valence-corrected chi connectivity index (χ4v) is 5.93. The zero-order valence-corrected chi connectivity index (χ0v) is 22.4. The Morgan fingerprint density at radius 1 is 1.14 bits per heavy atom.